The zero-order valence-electron chi connectivity index (χ0n) is 29.6. The van der Waals surface area contributed by atoms with E-state index in [0.717, 1.165) is 50.1 Å². The second kappa shape index (κ2) is 13.4. The minimum atomic E-state index is 0.887. The molecule has 0 N–H and O–H groups in total. The molecule has 0 saturated carbocycles. The van der Waals surface area contributed by atoms with Gasteiger partial charge < -0.3 is 9.32 Å². The van der Waals surface area contributed by atoms with Crippen molar-refractivity contribution >= 4 is 49.8 Å². The first-order valence-corrected chi connectivity index (χ1v) is 18.4. The van der Waals surface area contributed by atoms with Crippen LogP contribution in [-0.2, 0) is 0 Å². The van der Waals surface area contributed by atoms with Crippen LogP contribution in [0.25, 0.3) is 77.2 Å². The molecular formula is C52H35NO. The third-order valence-corrected chi connectivity index (χ3v) is 10.5. The van der Waals surface area contributed by atoms with Crippen molar-refractivity contribution in [3.63, 3.8) is 0 Å². The van der Waals surface area contributed by atoms with Gasteiger partial charge in [0.25, 0.3) is 0 Å². The van der Waals surface area contributed by atoms with Gasteiger partial charge in [-0.15, -0.1) is 0 Å². The summed E-state index contributed by atoms with van der Waals surface area (Å²) >= 11 is 0. The van der Waals surface area contributed by atoms with E-state index in [9.17, 15) is 0 Å². The second-order valence-corrected chi connectivity index (χ2v) is 13.7. The Morgan fingerprint density at radius 3 is 1.54 bits per heavy atom. The maximum Gasteiger partial charge on any atom is 0.136 e. The van der Waals surface area contributed by atoms with Crippen LogP contribution >= 0.6 is 0 Å². The molecule has 0 aliphatic heterocycles. The van der Waals surface area contributed by atoms with E-state index in [1.165, 1.54) is 44.2 Å². The van der Waals surface area contributed by atoms with Gasteiger partial charge in [-0.05, 0) is 98.2 Å². The maximum absolute atomic E-state index is 6.34. The summed E-state index contributed by atoms with van der Waals surface area (Å²) in [6.07, 6.45) is 0. The number of hydrogen-bond donors (Lipinski definition) is 0. The smallest absolute Gasteiger partial charge is 0.136 e. The van der Waals surface area contributed by atoms with E-state index in [1.807, 2.05) is 12.1 Å². The van der Waals surface area contributed by atoms with Crippen molar-refractivity contribution in [3.05, 3.63) is 212 Å². The van der Waals surface area contributed by atoms with Gasteiger partial charge in [0.15, 0.2) is 0 Å². The Bertz CT molecular complexity index is 2900. The van der Waals surface area contributed by atoms with E-state index in [-0.39, 0.29) is 0 Å². The molecule has 254 valence electrons. The average Bonchev–Trinajstić information content (AvgIpc) is 3.64. The lowest BCUT2D eigenvalue weighted by atomic mass is 9.96. The molecule has 0 bridgehead atoms. The highest BCUT2D eigenvalue weighted by atomic mass is 16.3. The quantitative estimate of drug-likeness (QED) is 0.166. The normalized spacial score (nSPS) is 11.3. The molecule has 2 heteroatoms. The van der Waals surface area contributed by atoms with Crippen molar-refractivity contribution in [2.24, 2.45) is 0 Å². The van der Waals surface area contributed by atoms with Crippen LogP contribution in [0.1, 0.15) is 0 Å². The predicted molar refractivity (Wildman–Crippen MR) is 228 cm³/mol. The zero-order chi connectivity index (χ0) is 35.8. The minimum Gasteiger partial charge on any atom is -0.456 e. The summed E-state index contributed by atoms with van der Waals surface area (Å²) in [6.45, 7) is 0. The summed E-state index contributed by atoms with van der Waals surface area (Å²) in [5.74, 6) is 0. The van der Waals surface area contributed by atoms with Crippen LogP contribution in [0.2, 0.25) is 0 Å². The van der Waals surface area contributed by atoms with E-state index >= 15 is 0 Å². The lowest BCUT2D eigenvalue weighted by Gasteiger charge is -2.28. The largest absolute Gasteiger partial charge is 0.456 e. The summed E-state index contributed by atoms with van der Waals surface area (Å²) in [5.41, 5.74) is 14.5. The molecule has 0 fully saturated rings. The van der Waals surface area contributed by atoms with Crippen molar-refractivity contribution < 1.29 is 4.42 Å². The molecule has 0 amide bonds. The number of fused-ring (bicyclic) bond motifs is 4. The highest BCUT2D eigenvalue weighted by Crippen LogP contribution is 2.45. The Morgan fingerprint density at radius 2 is 0.815 bits per heavy atom. The van der Waals surface area contributed by atoms with Crippen molar-refractivity contribution in [1.82, 2.24) is 0 Å². The molecule has 1 heterocycles. The number of benzene rings is 9. The first-order valence-electron chi connectivity index (χ1n) is 18.4. The number of para-hydroxylation sites is 2. The molecular weight excluding hydrogens is 655 g/mol. The third kappa shape index (κ3) is 5.71. The SMILES string of the molecule is c1ccc(-c2ccc(-c3ccc(N(c4ccc(-c5ccc6ccccc6c5)cc4)c4ccccc4-c4cccc5oc6ccccc6c45)cc3)cc2)cc1. The highest BCUT2D eigenvalue weighted by Gasteiger charge is 2.20. The van der Waals surface area contributed by atoms with Crippen LogP contribution in [0.4, 0.5) is 17.1 Å². The minimum absolute atomic E-state index is 0.887. The first-order chi connectivity index (χ1) is 26.8. The third-order valence-electron chi connectivity index (χ3n) is 10.5. The molecule has 0 radical (unpaired) electrons. The van der Waals surface area contributed by atoms with Crippen molar-refractivity contribution in [2.75, 3.05) is 4.90 Å². The highest BCUT2D eigenvalue weighted by molar-refractivity contribution is 6.13. The van der Waals surface area contributed by atoms with Gasteiger partial charge in [0.1, 0.15) is 11.2 Å². The Hall–Kier alpha value is -7.16. The maximum atomic E-state index is 6.34. The van der Waals surface area contributed by atoms with Crippen molar-refractivity contribution in [2.45, 2.75) is 0 Å². The van der Waals surface area contributed by atoms with Gasteiger partial charge in [-0.25, -0.2) is 0 Å². The van der Waals surface area contributed by atoms with Gasteiger partial charge in [0, 0.05) is 27.7 Å². The molecule has 0 atom stereocenters. The summed E-state index contributed by atoms with van der Waals surface area (Å²) in [5, 5.41) is 4.73. The topological polar surface area (TPSA) is 16.4 Å². The molecule has 0 unspecified atom stereocenters. The number of hydrogen-bond acceptors (Lipinski definition) is 2. The lowest BCUT2D eigenvalue weighted by molar-refractivity contribution is 0.669. The zero-order valence-corrected chi connectivity index (χ0v) is 29.6. The van der Waals surface area contributed by atoms with Crippen molar-refractivity contribution in [1.29, 1.82) is 0 Å². The molecule has 9 aromatic carbocycles. The fourth-order valence-corrected chi connectivity index (χ4v) is 7.78. The molecule has 0 spiro atoms. The fourth-order valence-electron chi connectivity index (χ4n) is 7.78. The van der Waals surface area contributed by atoms with Gasteiger partial charge in [-0.2, -0.15) is 0 Å². The number of furan rings is 1. The number of rotatable bonds is 7. The molecule has 10 rings (SSSR count). The first kappa shape index (κ1) is 31.6. The average molecular weight is 690 g/mol. The van der Waals surface area contributed by atoms with Crippen LogP contribution in [0.15, 0.2) is 217 Å². The van der Waals surface area contributed by atoms with Crippen LogP contribution in [-0.4, -0.2) is 0 Å². The van der Waals surface area contributed by atoms with Gasteiger partial charge >= 0.3 is 0 Å². The molecule has 10 aromatic rings. The Labute approximate surface area is 314 Å². The van der Waals surface area contributed by atoms with Gasteiger partial charge in [-0.3, -0.25) is 0 Å². The Kier molecular flexibility index (Phi) is 7.85. The van der Waals surface area contributed by atoms with Crippen LogP contribution < -0.4 is 4.90 Å². The van der Waals surface area contributed by atoms with Crippen LogP contribution in [0, 0.1) is 0 Å². The molecule has 0 aliphatic rings. The summed E-state index contributed by atoms with van der Waals surface area (Å²) in [6, 6.07) is 75.9. The van der Waals surface area contributed by atoms with E-state index in [1.54, 1.807) is 0 Å². The van der Waals surface area contributed by atoms with Gasteiger partial charge in [0.2, 0.25) is 0 Å². The second-order valence-electron chi connectivity index (χ2n) is 13.7. The van der Waals surface area contributed by atoms with E-state index in [2.05, 4.69) is 205 Å². The fraction of sp³-hybridized carbons (Fsp3) is 0. The van der Waals surface area contributed by atoms with E-state index in [0.29, 0.717) is 0 Å². The van der Waals surface area contributed by atoms with E-state index < -0.39 is 0 Å². The standard InChI is InChI=1S/C52H35NO/c1-2-11-36(12-3-1)38-21-23-39(24-22-38)40-27-31-44(32-28-40)53(45-33-29-41(30-34-45)43-26-25-37-13-4-5-14-42(37)35-43)49-18-8-6-15-46(49)47-17-10-20-51-52(47)48-16-7-9-19-50(48)54-51/h1-35H. The molecule has 0 aliphatic carbocycles. The number of nitrogens with zero attached hydrogens (tertiary/aromatic N) is 1. The Balaban J connectivity index is 1.09. The predicted octanol–water partition coefficient (Wildman–Crippen LogP) is 14.9. The summed E-state index contributed by atoms with van der Waals surface area (Å²) < 4.78 is 6.34. The number of anilines is 3. The van der Waals surface area contributed by atoms with Gasteiger partial charge in [0.05, 0.1) is 5.69 Å². The van der Waals surface area contributed by atoms with Crippen molar-refractivity contribution in [3.8, 4) is 44.5 Å². The molecule has 1 aromatic heterocycles. The monoisotopic (exact) mass is 689 g/mol. The van der Waals surface area contributed by atoms with Crippen LogP contribution in [0.3, 0.4) is 0 Å². The molecule has 2 nitrogen and oxygen atoms in total. The van der Waals surface area contributed by atoms with Gasteiger partial charge in [-0.1, -0.05) is 164 Å². The van der Waals surface area contributed by atoms with E-state index in [4.69, 9.17) is 4.42 Å². The lowest BCUT2D eigenvalue weighted by Crippen LogP contribution is -2.11. The molecule has 54 heavy (non-hydrogen) atoms. The summed E-state index contributed by atoms with van der Waals surface area (Å²) in [7, 11) is 0. The Morgan fingerprint density at radius 1 is 0.315 bits per heavy atom. The molecule has 0 saturated heterocycles. The van der Waals surface area contributed by atoms with Crippen LogP contribution in [0.5, 0.6) is 0 Å². The summed E-state index contributed by atoms with van der Waals surface area (Å²) in [4.78, 5) is 2.38.